The Balaban J connectivity index is 2.87. The molecule has 0 aliphatic carbocycles. The SMILES string of the molecule is O=CC(CBr)c1ccc(Br)cc1. The Morgan fingerprint density at radius 3 is 2.33 bits per heavy atom. The van der Waals surface area contributed by atoms with E-state index >= 15 is 0 Å². The molecule has 0 amide bonds. The van der Waals surface area contributed by atoms with Gasteiger partial charge in [-0.3, -0.25) is 0 Å². The van der Waals surface area contributed by atoms with Crippen molar-refractivity contribution in [1.82, 2.24) is 0 Å². The number of hydrogen-bond donors (Lipinski definition) is 0. The maximum Gasteiger partial charge on any atom is 0.128 e. The van der Waals surface area contributed by atoms with E-state index in [0.29, 0.717) is 5.33 Å². The summed E-state index contributed by atoms with van der Waals surface area (Å²) in [5, 5.41) is 0.679. The number of alkyl halides is 1. The van der Waals surface area contributed by atoms with Crippen LogP contribution in [0.3, 0.4) is 0 Å². The number of halogens is 2. The smallest absolute Gasteiger partial charge is 0.128 e. The first kappa shape index (κ1) is 9.93. The fraction of sp³-hybridized carbons (Fsp3) is 0.222. The summed E-state index contributed by atoms with van der Waals surface area (Å²) >= 11 is 6.63. The minimum atomic E-state index is -0.0295. The van der Waals surface area contributed by atoms with Gasteiger partial charge in [0.05, 0.1) is 0 Å². The van der Waals surface area contributed by atoms with Gasteiger partial charge in [-0.25, -0.2) is 0 Å². The maximum absolute atomic E-state index is 10.6. The number of benzene rings is 1. The summed E-state index contributed by atoms with van der Waals surface area (Å²) < 4.78 is 1.03. The fourth-order valence-corrected chi connectivity index (χ4v) is 1.70. The Morgan fingerprint density at radius 1 is 1.33 bits per heavy atom. The summed E-state index contributed by atoms with van der Waals surface area (Å²) in [5.41, 5.74) is 1.05. The van der Waals surface area contributed by atoms with Crippen LogP contribution in [0.25, 0.3) is 0 Å². The third kappa shape index (κ3) is 2.42. The standard InChI is InChI=1S/C9H8Br2O/c10-5-8(6-12)7-1-3-9(11)4-2-7/h1-4,6,8H,5H2. The van der Waals surface area contributed by atoms with Gasteiger partial charge in [0.15, 0.2) is 0 Å². The minimum Gasteiger partial charge on any atom is -0.303 e. The van der Waals surface area contributed by atoms with Crippen molar-refractivity contribution >= 4 is 38.1 Å². The Hall–Kier alpha value is -0.150. The molecule has 0 saturated carbocycles. The minimum absolute atomic E-state index is 0.0295. The molecular weight excluding hydrogens is 284 g/mol. The van der Waals surface area contributed by atoms with E-state index in [4.69, 9.17) is 0 Å². The van der Waals surface area contributed by atoms with Gasteiger partial charge < -0.3 is 4.79 Å². The van der Waals surface area contributed by atoms with E-state index in [-0.39, 0.29) is 5.92 Å². The van der Waals surface area contributed by atoms with Gasteiger partial charge in [-0.05, 0) is 17.7 Å². The maximum atomic E-state index is 10.6. The molecule has 0 aromatic heterocycles. The second-order valence-corrected chi connectivity index (χ2v) is 4.01. The molecule has 0 spiro atoms. The fourth-order valence-electron chi connectivity index (χ4n) is 0.914. The van der Waals surface area contributed by atoms with E-state index in [2.05, 4.69) is 31.9 Å². The zero-order valence-electron chi connectivity index (χ0n) is 6.34. The van der Waals surface area contributed by atoms with Gasteiger partial charge >= 0.3 is 0 Å². The monoisotopic (exact) mass is 290 g/mol. The molecule has 1 nitrogen and oxygen atoms in total. The molecular formula is C9H8Br2O. The second-order valence-electron chi connectivity index (χ2n) is 2.45. The molecule has 1 unspecified atom stereocenters. The number of hydrogen-bond acceptors (Lipinski definition) is 1. The molecule has 64 valence electrons. The number of carbonyl (C=O) groups excluding carboxylic acids is 1. The summed E-state index contributed by atoms with van der Waals surface area (Å²) in [6.45, 7) is 0. The van der Waals surface area contributed by atoms with Crippen LogP contribution in [0.2, 0.25) is 0 Å². The second kappa shape index (κ2) is 4.77. The van der Waals surface area contributed by atoms with Crippen LogP contribution in [-0.2, 0) is 4.79 Å². The van der Waals surface area contributed by atoms with Crippen LogP contribution < -0.4 is 0 Å². The van der Waals surface area contributed by atoms with Gasteiger partial charge in [-0.15, -0.1) is 0 Å². The zero-order valence-corrected chi connectivity index (χ0v) is 9.51. The average molecular weight is 292 g/mol. The summed E-state index contributed by atoms with van der Waals surface area (Å²) in [6, 6.07) is 7.78. The van der Waals surface area contributed by atoms with E-state index in [0.717, 1.165) is 16.3 Å². The van der Waals surface area contributed by atoms with Crippen LogP contribution in [0.5, 0.6) is 0 Å². The van der Waals surface area contributed by atoms with Crippen molar-refractivity contribution in [3.05, 3.63) is 34.3 Å². The third-order valence-electron chi connectivity index (χ3n) is 1.63. The highest BCUT2D eigenvalue weighted by Crippen LogP contribution is 2.18. The van der Waals surface area contributed by atoms with Crippen molar-refractivity contribution in [2.45, 2.75) is 5.92 Å². The molecule has 0 N–H and O–H groups in total. The van der Waals surface area contributed by atoms with Gasteiger partial charge in [0, 0.05) is 15.7 Å². The molecule has 12 heavy (non-hydrogen) atoms. The van der Waals surface area contributed by atoms with Crippen LogP contribution in [0.4, 0.5) is 0 Å². The quantitative estimate of drug-likeness (QED) is 0.618. The predicted molar refractivity (Wildman–Crippen MR) is 56.7 cm³/mol. The first-order valence-corrected chi connectivity index (χ1v) is 5.46. The molecule has 0 saturated heterocycles. The molecule has 1 atom stereocenters. The lowest BCUT2D eigenvalue weighted by Crippen LogP contribution is -2.00. The van der Waals surface area contributed by atoms with Crippen molar-refractivity contribution in [3.8, 4) is 0 Å². The summed E-state index contributed by atoms with van der Waals surface area (Å²) in [6.07, 6.45) is 0.956. The van der Waals surface area contributed by atoms with Gasteiger partial charge in [0.1, 0.15) is 6.29 Å². The number of aldehydes is 1. The predicted octanol–water partition coefficient (Wildman–Crippen LogP) is 3.13. The third-order valence-corrected chi connectivity index (χ3v) is 2.85. The molecule has 0 radical (unpaired) electrons. The highest BCUT2D eigenvalue weighted by Gasteiger charge is 2.07. The lowest BCUT2D eigenvalue weighted by molar-refractivity contribution is -0.108. The molecule has 0 heterocycles. The lowest BCUT2D eigenvalue weighted by atomic mass is 10.0. The van der Waals surface area contributed by atoms with Gasteiger partial charge in [-0.2, -0.15) is 0 Å². The average Bonchev–Trinajstić information content (AvgIpc) is 2.10. The molecule has 0 fully saturated rings. The highest BCUT2D eigenvalue weighted by molar-refractivity contribution is 9.10. The molecule has 0 aliphatic rings. The number of rotatable bonds is 3. The zero-order chi connectivity index (χ0) is 8.97. The van der Waals surface area contributed by atoms with E-state index in [1.54, 1.807) is 0 Å². The molecule has 0 aliphatic heterocycles. The molecule has 1 aromatic carbocycles. The lowest BCUT2D eigenvalue weighted by Gasteiger charge is -2.05. The molecule has 3 heteroatoms. The largest absolute Gasteiger partial charge is 0.303 e. The van der Waals surface area contributed by atoms with E-state index < -0.39 is 0 Å². The Bertz CT molecular complexity index is 256. The van der Waals surface area contributed by atoms with Crippen molar-refractivity contribution in [1.29, 1.82) is 0 Å². The summed E-state index contributed by atoms with van der Waals surface area (Å²) in [7, 11) is 0. The number of carbonyl (C=O) groups is 1. The Labute approximate surface area is 88.4 Å². The Morgan fingerprint density at radius 2 is 1.92 bits per heavy atom. The first-order chi connectivity index (χ1) is 5.77. The summed E-state index contributed by atoms with van der Waals surface area (Å²) in [4.78, 5) is 10.6. The van der Waals surface area contributed by atoms with Crippen molar-refractivity contribution in [2.24, 2.45) is 0 Å². The van der Waals surface area contributed by atoms with Crippen molar-refractivity contribution in [2.75, 3.05) is 5.33 Å². The topological polar surface area (TPSA) is 17.1 Å². The van der Waals surface area contributed by atoms with E-state index in [9.17, 15) is 4.79 Å². The van der Waals surface area contributed by atoms with E-state index in [1.165, 1.54) is 0 Å². The van der Waals surface area contributed by atoms with Gasteiger partial charge in [0.25, 0.3) is 0 Å². The van der Waals surface area contributed by atoms with Crippen LogP contribution in [0.1, 0.15) is 11.5 Å². The van der Waals surface area contributed by atoms with Gasteiger partial charge in [0.2, 0.25) is 0 Å². The van der Waals surface area contributed by atoms with Crippen LogP contribution >= 0.6 is 31.9 Å². The van der Waals surface area contributed by atoms with Gasteiger partial charge in [-0.1, -0.05) is 44.0 Å². The Kier molecular flexibility index (Phi) is 3.95. The van der Waals surface area contributed by atoms with Crippen molar-refractivity contribution < 1.29 is 4.79 Å². The van der Waals surface area contributed by atoms with Crippen molar-refractivity contribution in [3.63, 3.8) is 0 Å². The highest BCUT2D eigenvalue weighted by atomic mass is 79.9. The van der Waals surface area contributed by atoms with Crippen LogP contribution in [0.15, 0.2) is 28.7 Å². The van der Waals surface area contributed by atoms with E-state index in [1.807, 2.05) is 24.3 Å². The molecule has 0 bridgehead atoms. The van der Waals surface area contributed by atoms with Crippen LogP contribution in [-0.4, -0.2) is 11.6 Å². The molecule has 1 rings (SSSR count). The van der Waals surface area contributed by atoms with Crippen LogP contribution in [0, 0.1) is 0 Å². The normalized spacial score (nSPS) is 12.5. The molecule has 1 aromatic rings. The summed E-state index contributed by atoms with van der Waals surface area (Å²) in [5.74, 6) is -0.0295. The first-order valence-electron chi connectivity index (χ1n) is 3.54.